The predicted molar refractivity (Wildman–Crippen MR) is 210 cm³/mol. The van der Waals surface area contributed by atoms with Gasteiger partial charge in [0.15, 0.2) is 0 Å². The largest absolute Gasteiger partial charge is 0.455 e. The molecule has 9 aromatic rings. The van der Waals surface area contributed by atoms with E-state index >= 15 is 0 Å². The summed E-state index contributed by atoms with van der Waals surface area (Å²) in [6, 6.07) is 66.9. The first-order valence-corrected chi connectivity index (χ1v) is 17.8. The Morgan fingerprint density at radius 1 is 0.314 bits per heavy atom. The van der Waals surface area contributed by atoms with Crippen molar-refractivity contribution in [2.45, 2.75) is 11.8 Å². The molecular weight excluding hydrogens is 617 g/mol. The molecule has 0 spiro atoms. The second-order valence-corrected chi connectivity index (χ2v) is 13.9. The molecule has 2 aliphatic carbocycles. The normalized spacial score (nSPS) is 15.5. The Balaban J connectivity index is 1.05. The van der Waals surface area contributed by atoms with E-state index in [-0.39, 0.29) is 11.8 Å². The van der Waals surface area contributed by atoms with E-state index in [0.29, 0.717) is 0 Å². The van der Waals surface area contributed by atoms with Crippen molar-refractivity contribution in [3.63, 3.8) is 0 Å². The van der Waals surface area contributed by atoms with Gasteiger partial charge in [-0.25, -0.2) is 0 Å². The van der Waals surface area contributed by atoms with E-state index in [4.69, 9.17) is 4.42 Å². The van der Waals surface area contributed by atoms with Crippen LogP contribution in [-0.4, -0.2) is 0 Å². The van der Waals surface area contributed by atoms with Crippen molar-refractivity contribution >= 4 is 21.9 Å². The highest BCUT2D eigenvalue weighted by Gasteiger charge is 2.33. The number of hydrogen-bond acceptors (Lipinski definition) is 1. The van der Waals surface area contributed by atoms with E-state index in [0.717, 1.165) is 27.5 Å². The molecule has 238 valence electrons. The monoisotopic (exact) mass is 648 g/mol. The van der Waals surface area contributed by atoms with Crippen LogP contribution in [-0.2, 0) is 0 Å². The Morgan fingerprint density at radius 2 is 0.843 bits per heavy atom. The molecule has 1 aromatic heterocycles. The maximum absolute atomic E-state index is 6.55. The van der Waals surface area contributed by atoms with Crippen LogP contribution in [0.5, 0.6) is 0 Å². The Hall–Kier alpha value is -6.44. The van der Waals surface area contributed by atoms with Crippen LogP contribution in [0, 0.1) is 0 Å². The SMILES string of the molecule is c1ccc(C2c3ccccc3-c3ccc(-c4ccc5c(c4)-c4ccccc4C5c4ccccc4-c4cccc5c4oc4ccccc45)cc32)cc1. The molecule has 0 saturated carbocycles. The Morgan fingerprint density at radius 3 is 1.63 bits per heavy atom. The minimum atomic E-state index is 0.109. The molecule has 1 heteroatoms. The van der Waals surface area contributed by atoms with Crippen molar-refractivity contribution in [1.29, 1.82) is 0 Å². The molecule has 2 aliphatic rings. The smallest absolute Gasteiger partial charge is 0.143 e. The van der Waals surface area contributed by atoms with Crippen LogP contribution in [0.15, 0.2) is 186 Å². The summed E-state index contributed by atoms with van der Waals surface area (Å²) >= 11 is 0. The second-order valence-electron chi connectivity index (χ2n) is 13.9. The van der Waals surface area contributed by atoms with Crippen molar-refractivity contribution in [2.24, 2.45) is 0 Å². The zero-order chi connectivity index (χ0) is 33.5. The van der Waals surface area contributed by atoms with Crippen LogP contribution < -0.4 is 0 Å². The van der Waals surface area contributed by atoms with E-state index < -0.39 is 0 Å². The van der Waals surface area contributed by atoms with Crippen LogP contribution >= 0.6 is 0 Å². The fourth-order valence-electron chi connectivity index (χ4n) is 9.06. The van der Waals surface area contributed by atoms with Gasteiger partial charge in [-0.2, -0.15) is 0 Å². The highest BCUT2D eigenvalue weighted by molar-refractivity contribution is 6.10. The molecule has 0 bridgehead atoms. The molecule has 1 nitrogen and oxygen atoms in total. The van der Waals surface area contributed by atoms with Gasteiger partial charge in [0.1, 0.15) is 11.2 Å². The first-order chi connectivity index (χ1) is 25.3. The van der Waals surface area contributed by atoms with Gasteiger partial charge in [0.05, 0.1) is 0 Å². The lowest BCUT2D eigenvalue weighted by Crippen LogP contribution is -2.02. The molecule has 8 aromatic carbocycles. The summed E-state index contributed by atoms with van der Waals surface area (Å²) in [5.74, 6) is 0.336. The van der Waals surface area contributed by atoms with Crippen LogP contribution in [0.25, 0.3) is 66.4 Å². The lowest BCUT2D eigenvalue weighted by atomic mass is 9.83. The van der Waals surface area contributed by atoms with Gasteiger partial charge in [0.25, 0.3) is 0 Å². The van der Waals surface area contributed by atoms with Crippen molar-refractivity contribution in [2.75, 3.05) is 0 Å². The highest BCUT2D eigenvalue weighted by Crippen LogP contribution is 2.53. The number of benzene rings is 8. The second kappa shape index (κ2) is 11.0. The summed E-state index contributed by atoms with van der Waals surface area (Å²) in [6.45, 7) is 0. The Kier molecular flexibility index (Phi) is 6.15. The summed E-state index contributed by atoms with van der Waals surface area (Å²) in [7, 11) is 0. The summed E-state index contributed by atoms with van der Waals surface area (Å²) in [5, 5.41) is 2.31. The molecule has 51 heavy (non-hydrogen) atoms. The van der Waals surface area contributed by atoms with Gasteiger partial charge < -0.3 is 4.42 Å². The summed E-state index contributed by atoms with van der Waals surface area (Å²) in [6.07, 6.45) is 0. The maximum atomic E-state index is 6.55. The minimum absolute atomic E-state index is 0.109. The minimum Gasteiger partial charge on any atom is -0.455 e. The van der Waals surface area contributed by atoms with Gasteiger partial charge in [0, 0.05) is 28.2 Å². The molecule has 11 rings (SSSR count). The van der Waals surface area contributed by atoms with Gasteiger partial charge >= 0.3 is 0 Å². The first kappa shape index (κ1) is 28.4. The molecule has 0 aliphatic heterocycles. The highest BCUT2D eigenvalue weighted by atomic mass is 16.3. The van der Waals surface area contributed by atoms with E-state index in [1.807, 2.05) is 6.07 Å². The van der Waals surface area contributed by atoms with Crippen molar-refractivity contribution in [1.82, 2.24) is 0 Å². The van der Waals surface area contributed by atoms with Crippen LogP contribution in [0.3, 0.4) is 0 Å². The number of fused-ring (bicyclic) bond motifs is 9. The van der Waals surface area contributed by atoms with Crippen LogP contribution in [0.1, 0.15) is 45.2 Å². The average Bonchev–Trinajstić information content (AvgIpc) is 3.85. The summed E-state index contributed by atoms with van der Waals surface area (Å²) in [4.78, 5) is 0. The number of hydrogen-bond donors (Lipinski definition) is 0. The molecule has 0 saturated heterocycles. The Labute approximate surface area is 297 Å². The standard InChI is InChI=1S/C50H32O/c1-2-13-31(14-3-1)48-39-19-7-4-15-34(39)37-27-25-33(30-46(37)48)32-26-28-42-45(29-32)36-17-6-9-21-41(36)49(42)40-20-8-5-16-35(40)43-22-12-23-44-38-18-10-11-24-47(38)51-50(43)44/h1-30,48-49H. The van der Waals surface area contributed by atoms with Gasteiger partial charge in [-0.3, -0.25) is 0 Å². The summed E-state index contributed by atoms with van der Waals surface area (Å²) < 4.78 is 6.55. The number of para-hydroxylation sites is 2. The van der Waals surface area contributed by atoms with E-state index in [1.54, 1.807) is 0 Å². The van der Waals surface area contributed by atoms with E-state index in [9.17, 15) is 0 Å². The predicted octanol–water partition coefficient (Wildman–Crippen LogP) is 13.2. The van der Waals surface area contributed by atoms with Crippen LogP contribution in [0.4, 0.5) is 0 Å². The van der Waals surface area contributed by atoms with Gasteiger partial charge in [-0.05, 0) is 90.5 Å². The molecule has 0 amide bonds. The lowest BCUT2D eigenvalue weighted by molar-refractivity contribution is 0.670. The first-order valence-electron chi connectivity index (χ1n) is 17.8. The molecule has 0 fully saturated rings. The molecule has 0 N–H and O–H groups in total. The number of furan rings is 1. The van der Waals surface area contributed by atoms with Gasteiger partial charge in [-0.15, -0.1) is 0 Å². The quantitative estimate of drug-likeness (QED) is 0.185. The van der Waals surface area contributed by atoms with Crippen molar-refractivity contribution in [3.05, 3.63) is 215 Å². The van der Waals surface area contributed by atoms with Crippen molar-refractivity contribution < 1.29 is 4.42 Å². The topological polar surface area (TPSA) is 13.1 Å². The van der Waals surface area contributed by atoms with Gasteiger partial charge in [-0.1, -0.05) is 164 Å². The summed E-state index contributed by atoms with van der Waals surface area (Å²) in [5.41, 5.74) is 20.1. The third-order valence-electron chi connectivity index (χ3n) is 11.3. The third kappa shape index (κ3) is 4.22. The zero-order valence-electron chi connectivity index (χ0n) is 27.9. The zero-order valence-corrected chi connectivity index (χ0v) is 27.9. The average molecular weight is 649 g/mol. The molecular formula is C50H32O. The fraction of sp³-hybridized carbons (Fsp3) is 0.0400. The maximum Gasteiger partial charge on any atom is 0.143 e. The molecule has 2 unspecified atom stereocenters. The van der Waals surface area contributed by atoms with Gasteiger partial charge in [0.2, 0.25) is 0 Å². The fourth-order valence-corrected chi connectivity index (χ4v) is 9.06. The molecule has 0 radical (unpaired) electrons. The van der Waals surface area contributed by atoms with E-state index in [1.165, 1.54) is 72.3 Å². The third-order valence-corrected chi connectivity index (χ3v) is 11.3. The lowest BCUT2D eigenvalue weighted by Gasteiger charge is -2.19. The van der Waals surface area contributed by atoms with Crippen LogP contribution in [0.2, 0.25) is 0 Å². The van der Waals surface area contributed by atoms with Crippen molar-refractivity contribution in [3.8, 4) is 44.5 Å². The number of rotatable bonds is 4. The van der Waals surface area contributed by atoms with E-state index in [2.05, 4.69) is 176 Å². The Bertz CT molecular complexity index is 2820. The molecule has 1 heterocycles. The molecule has 2 atom stereocenters.